The van der Waals surface area contributed by atoms with Gasteiger partial charge in [0.05, 0.1) is 18.8 Å². The Morgan fingerprint density at radius 3 is 2.64 bits per heavy atom. The van der Waals surface area contributed by atoms with Gasteiger partial charge in [-0.15, -0.1) is 0 Å². The SMILES string of the molecule is CCN1CCOB([C@@H](CC(=O)[C@H](Cc2ccccc2)NC(=O)c2cnccn2)CC(C)C)OC(=O)C1. The van der Waals surface area contributed by atoms with Crippen LogP contribution >= 0.6 is 0 Å². The zero-order chi connectivity index (χ0) is 25.9. The van der Waals surface area contributed by atoms with Crippen molar-refractivity contribution >= 4 is 24.8 Å². The Hall–Kier alpha value is -3.11. The van der Waals surface area contributed by atoms with Crippen molar-refractivity contribution < 1.29 is 23.7 Å². The van der Waals surface area contributed by atoms with Crippen LogP contribution in [0.1, 0.15) is 49.7 Å². The van der Waals surface area contributed by atoms with Crippen LogP contribution in [0.4, 0.5) is 0 Å². The van der Waals surface area contributed by atoms with Crippen molar-refractivity contribution in [2.45, 2.75) is 51.9 Å². The maximum atomic E-state index is 13.6. The van der Waals surface area contributed by atoms with Crippen LogP contribution in [0.5, 0.6) is 0 Å². The third kappa shape index (κ3) is 8.53. The van der Waals surface area contributed by atoms with Gasteiger partial charge in [-0.1, -0.05) is 51.1 Å². The molecule has 1 aliphatic heterocycles. The zero-order valence-corrected chi connectivity index (χ0v) is 21.3. The minimum atomic E-state index is -0.809. The van der Waals surface area contributed by atoms with Gasteiger partial charge in [0, 0.05) is 37.8 Å². The predicted molar refractivity (Wildman–Crippen MR) is 136 cm³/mol. The van der Waals surface area contributed by atoms with Gasteiger partial charge in [-0.3, -0.25) is 24.3 Å². The van der Waals surface area contributed by atoms with Crippen LogP contribution in [0.2, 0.25) is 5.82 Å². The van der Waals surface area contributed by atoms with E-state index in [9.17, 15) is 14.4 Å². The summed E-state index contributed by atoms with van der Waals surface area (Å²) in [5.74, 6) is -1.06. The summed E-state index contributed by atoms with van der Waals surface area (Å²) < 4.78 is 11.6. The molecule has 0 unspecified atom stereocenters. The van der Waals surface area contributed by atoms with Gasteiger partial charge in [0.15, 0.2) is 5.78 Å². The molecule has 9 nitrogen and oxygen atoms in total. The Bertz CT molecular complexity index is 992. The molecule has 1 aliphatic rings. The number of amides is 1. The quantitative estimate of drug-likeness (QED) is 0.475. The smallest absolute Gasteiger partial charge is 0.508 e. The van der Waals surface area contributed by atoms with Crippen molar-refractivity contribution in [3.05, 3.63) is 60.2 Å². The number of carbonyl (C=O) groups is 3. The number of Topliss-reactive ketones (excluding diaryl/α,β-unsaturated/α-hetero) is 1. The molecule has 1 fully saturated rings. The maximum absolute atomic E-state index is 13.6. The zero-order valence-electron chi connectivity index (χ0n) is 21.3. The van der Waals surface area contributed by atoms with Crippen molar-refractivity contribution in [1.29, 1.82) is 0 Å². The van der Waals surface area contributed by atoms with Gasteiger partial charge in [0.2, 0.25) is 0 Å². The van der Waals surface area contributed by atoms with Crippen LogP contribution in [0.3, 0.4) is 0 Å². The van der Waals surface area contributed by atoms with E-state index in [0.29, 0.717) is 26.0 Å². The molecule has 1 aromatic carbocycles. The highest BCUT2D eigenvalue weighted by molar-refractivity contribution is 6.49. The number of hydrogen-bond donors (Lipinski definition) is 1. The number of ketones is 1. The van der Waals surface area contributed by atoms with Crippen molar-refractivity contribution in [2.75, 3.05) is 26.2 Å². The van der Waals surface area contributed by atoms with Gasteiger partial charge < -0.3 is 14.6 Å². The lowest BCUT2D eigenvalue weighted by Gasteiger charge is -2.30. The van der Waals surface area contributed by atoms with Gasteiger partial charge in [0.1, 0.15) is 5.69 Å². The van der Waals surface area contributed by atoms with Crippen molar-refractivity contribution in [3.8, 4) is 0 Å². The van der Waals surface area contributed by atoms with E-state index in [1.807, 2.05) is 42.2 Å². The molecule has 0 saturated carbocycles. The standard InChI is InChI=1S/C26H35BN4O5/c1-4-31-12-13-35-27(36-25(33)18-31)21(14-19(2)3)16-24(32)22(15-20-8-6-5-7-9-20)30-26(34)23-17-28-10-11-29-23/h5-11,17,19,21-22H,4,12-16,18H2,1-3H3,(H,30,34)/t21-,22+/m1/s1. The summed E-state index contributed by atoms with van der Waals surface area (Å²) in [5, 5.41) is 2.84. The average Bonchev–Trinajstić information content (AvgIpc) is 2.86. The summed E-state index contributed by atoms with van der Waals surface area (Å²) in [5.41, 5.74) is 1.06. The van der Waals surface area contributed by atoms with E-state index in [1.165, 1.54) is 18.6 Å². The van der Waals surface area contributed by atoms with E-state index in [0.717, 1.165) is 12.1 Å². The number of hydrogen-bond acceptors (Lipinski definition) is 8. The highest BCUT2D eigenvalue weighted by Crippen LogP contribution is 2.28. The first-order chi connectivity index (χ1) is 17.4. The van der Waals surface area contributed by atoms with Gasteiger partial charge in [-0.2, -0.15) is 0 Å². The fourth-order valence-corrected chi connectivity index (χ4v) is 4.30. The monoisotopic (exact) mass is 494 g/mol. The molecular weight excluding hydrogens is 459 g/mol. The molecule has 3 rings (SSSR count). The van der Waals surface area contributed by atoms with Gasteiger partial charge in [-0.05, 0) is 30.9 Å². The number of nitrogens with one attached hydrogen (secondary N) is 1. The van der Waals surface area contributed by atoms with Crippen LogP contribution in [-0.2, 0) is 25.3 Å². The van der Waals surface area contributed by atoms with E-state index in [2.05, 4.69) is 29.1 Å². The second kappa shape index (κ2) is 13.8. The molecule has 2 heterocycles. The topological polar surface area (TPSA) is 111 Å². The molecule has 10 heteroatoms. The van der Waals surface area contributed by atoms with E-state index in [4.69, 9.17) is 9.31 Å². The summed E-state index contributed by atoms with van der Waals surface area (Å²) in [6.07, 6.45) is 5.35. The summed E-state index contributed by atoms with van der Waals surface area (Å²) in [6, 6.07) is 8.74. The van der Waals surface area contributed by atoms with E-state index < -0.39 is 19.1 Å². The first-order valence-corrected chi connectivity index (χ1v) is 12.5. The lowest BCUT2D eigenvalue weighted by molar-refractivity contribution is -0.139. The molecule has 2 aromatic rings. The highest BCUT2D eigenvalue weighted by Gasteiger charge is 2.38. The lowest BCUT2D eigenvalue weighted by atomic mass is 9.64. The van der Waals surface area contributed by atoms with Crippen molar-refractivity contribution in [1.82, 2.24) is 20.2 Å². The normalized spacial score (nSPS) is 16.6. The molecule has 36 heavy (non-hydrogen) atoms. The first-order valence-electron chi connectivity index (χ1n) is 12.5. The number of rotatable bonds is 11. The van der Waals surface area contributed by atoms with Gasteiger partial charge in [-0.25, -0.2) is 4.98 Å². The Morgan fingerprint density at radius 2 is 1.97 bits per heavy atom. The summed E-state index contributed by atoms with van der Waals surface area (Å²) in [6.45, 7) is 8.04. The third-order valence-electron chi connectivity index (χ3n) is 6.13. The van der Waals surface area contributed by atoms with E-state index in [1.54, 1.807) is 0 Å². The fraction of sp³-hybridized carbons (Fsp3) is 0.500. The van der Waals surface area contributed by atoms with E-state index >= 15 is 0 Å². The highest BCUT2D eigenvalue weighted by atomic mass is 16.6. The van der Waals surface area contributed by atoms with Gasteiger partial charge in [0.25, 0.3) is 5.91 Å². The number of benzene rings is 1. The molecule has 0 aliphatic carbocycles. The maximum Gasteiger partial charge on any atom is 0.531 e. The summed E-state index contributed by atoms with van der Waals surface area (Å²) in [4.78, 5) is 48.9. The van der Waals surface area contributed by atoms with Crippen molar-refractivity contribution in [2.24, 2.45) is 5.92 Å². The molecule has 2 atom stereocenters. The molecule has 0 bridgehead atoms. The predicted octanol–water partition coefficient (Wildman–Crippen LogP) is 2.58. The largest absolute Gasteiger partial charge is 0.531 e. The number of carbonyl (C=O) groups excluding carboxylic acids is 3. The second-order valence-electron chi connectivity index (χ2n) is 9.46. The molecular formula is C26H35BN4O5. The Morgan fingerprint density at radius 1 is 1.19 bits per heavy atom. The van der Waals surface area contributed by atoms with Crippen molar-refractivity contribution in [3.63, 3.8) is 0 Å². The van der Waals surface area contributed by atoms with Crippen LogP contribution in [0, 0.1) is 5.92 Å². The molecule has 0 spiro atoms. The second-order valence-corrected chi connectivity index (χ2v) is 9.46. The van der Waals surface area contributed by atoms with Crippen LogP contribution in [0.25, 0.3) is 0 Å². The number of nitrogens with zero attached hydrogens (tertiary/aromatic N) is 3. The molecule has 1 N–H and O–H groups in total. The summed E-state index contributed by atoms with van der Waals surface area (Å²) in [7, 11) is -0.809. The molecule has 1 aromatic heterocycles. The van der Waals surface area contributed by atoms with Crippen LogP contribution in [0.15, 0.2) is 48.9 Å². The first kappa shape index (κ1) is 27.5. The molecule has 1 saturated heterocycles. The minimum absolute atomic E-state index is 0.103. The molecule has 0 radical (unpaired) electrons. The molecule has 192 valence electrons. The lowest BCUT2D eigenvalue weighted by Crippen LogP contribution is -2.46. The third-order valence-corrected chi connectivity index (χ3v) is 6.13. The fourth-order valence-electron chi connectivity index (χ4n) is 4.30. The minimum Gasteiger partial charge on any atom is -0.508 e. The van der Waals surface area contributed by atoms with Crippen LogP contribution < -0.4 is 5.32 Å². The Labute approximate surface area is 213 Å². The van der Waals surface area contributed by atoms with E-state index in [-0.39, 0.29) is 42.1 Å². The Balaban J connectivity index is 1.77. The Kier molecular flexibility index (Phi) is 10.6. The number of likely N-dealkylation sites (N-methyl/N-ethyl adjacent to an activating group) is 1. The summed E-state index contributed by atoms with van der Waals surface area (Å²) >= 11 is 0. The van der Waals surface area contributed by atoms with Gasteiger partial charge >= 0.3 is 13.1 Å². The van der Waals surface area contributed by atoms with Crippen LogP contribution in [-0.4, -0.2) is 71.9 Å². The number of aromatic nitrogens is 2. The average molecular weight is 494 g/mol. The molecule has 1 amide bonds.